The number of benzene rings is 1. The smallest absolute Gasteiger partial charge is 0.138 e. The Labute approximate surface area is 93.8 Å². The molecule has 0 spiro atoms. The van der Waals surface area contributed by atoms with Crippen LogP contribution in [-0.2, 0) is 0 Å². The molecule has 0 aliphatic carbocycles. The molecule has 2 N–H and O–H groups in total. The average molecular weight is 233 g/mol. The Bertz CT molecular complexity index is 336. The maximum Gasteiger partial charge on any atom is 0.138 e. The summed E-state index contributed by atoms with van der Waals surface area (Å²) in [5.41, 5.74) is 5.62. The molecule has 0 saturated carbocycles. The molecule has 0 unspecified atom stereocenters. The van der Waals surface area contributed by atoms with E-state index in [4.69, 9.17) is 27.3 Å². The van der Waals surface area contributed by atoms with Crippen molar-refractivity contribution in [3.05, 3.63) is 28.8 Å². The van der Waals surface area contributed by atoms with Gasteiger partial charge in [-0.25, -0.2) is 0 Å². The topological polar surface area (TPSA) is 59.0 Å². The molecule has 3 nitrogen and oxygen atoms in total. The SMILES string of the molecule is Cl.N#Cc1c(Cl)cccc1OCCN. The zero-order chi connectivity index (χ0) is 9.68. The van der Waals surface area contributed by atoms with Crippen LogP contribution in [0, 0.1) is 11.3 Å². The molecule has 0 aliphatic rings. The summed E-state index contributed by atoms with van der Waals surface area (Å²) in [5.74, 6) is 0.487. The predicted octanol–water partition coefficient (Wildman–Crippen LogP) is 1.97. The van der Waals surface area contributed by atoms with Crippen LogP contribution in [0.3, 0.4) is 0 Å². The van der Waals surface area contributed by atoms with Crippen LogP contribution in [-0.4, -0.2) is 13.2 Å². The quantitative estimate of drug-likeness (QED) is 0.868. The molecule has 14 heavy (non-hydrogen) atoms. The van der Waals surface area contributed by atoms with Crippen LogP contribution in [0.5, 0.6) is 5.75 Å². The molecule has 0 atom stereocenters. The highest BCUT2D eigenvalue weighted by Crippen LogP contribution is 2.24. The lowest BCUT2D eigenvalue weighted by molar-refractivity contribution is 0.327. The molecule has 0 aromatic heterocycles. The van der Waals surface area contributed by atoms with Gasteiger partial charge in [0.25, 0.3) is 0 Å². The number of ether oxygens (including phenoxy) is 1. The summed E-state index contributed by atoms with van der Waals surface area (Å²) in [6, 6.07) is 7.05. The van der Waals surface area contributed by atoms with Crippen LogP contribution in [0.2, 0.25) is 5.02 Å². The normalized spacial score (nSPS) is 8.64. The number of nitriles is 1. The second kappa shape index (κ2) is 6.50. The molecule has 5 heteroatoms. The van der Waals surface area contributed by atoms with E-state index in [1.165, 1.54) is 0 Å². The van der Waals surface area contributed by atoms with E-state index < -0.39 is 0 Å². The van der Waals surface area contributed by atoms with E-state index in [1.54, 1.807) is 18.2 Å². The minimum Gasteiger partial charge on any atom is -0.491 e. The van der Waals surface area contributed by atoms with Crippen molar-refractivity contribution < 1.29 is 4.74 Å². The van der Waals surface area contributed by atoms with Crippen molar-refractivity contribution in [1.29, 1.82) is 5.26 Å². The third kappa shape index (κ3) is 3.08. The summed E-state index contributed by atoms with van der Waals surface area (Å²) < 4.78 is 5.23. The van der Waals surface area contributed by atoms with E-state index in [0.29, 0.717) is 29.5 Å². The van der Waals surface area contributed by atoms with Crippen LogP contribution in [0.15, 0.2) is 18.2 Å². The molecule has 0 radical (unpaired) electrons. The van der Waals surface area contributed by atoms with E-state index in [1.807, 2.05) is 6.07 Å². The second-order valence-electron chi connectivity index (χ2n) is 2.36. The minimum absolute atomic E-state index is 0. The molecule has 1 aromatic carbocycles. The molecule has 1 aromatic rings. The van der Waals surface area contributed by atoms with Gasteiger partial charge in [-0.1, -0.05) is 17.7 Å². The van der Waals surface area contributed by atoms with Gasteiger partial charge in [0.1, 0.15) is 24.0 Å². The van der Waals surface area contributed by atoms with Crippen LogP contribution in [0.1, 0.15) is 5.56 Å². The van der Waals surface area contributed by atoms with Crippen LogP contribution in [0.25, 0.3) is 0 Å². The van der Waals surface area contributed by atoms with Gasteiger partial charge < -0.3 is 10.5 Å². The molecular formula is C9H10Cl2N2O. The van der Waals surface area contributed by atoms with Crippen LogP contribution in [0.4, 0.5) is 0 Å². The van der Waals surface area contributed by atoms with E-state index in [2.05, 4.69) is 0 Å². The minimum atomic E-state index is 0. The third-order valence-electron chi connectivity index (χ3n) is 1.46. The van der Waals surface area contributed by atoms with E-state index in [0.717, 1.165) is 0 Å². The van der Waals surface area contributed by atoms with Crippen molar-refractivity contribution in [3.63, 3.8) is 0 Å². The van der Waals surface area contributed by atoms with Crippen molar-refractivity contribution in [3.8, 4) is 11.8 Å². The Hall–Kier alpha value is -0.950. The van der Waals surface area contributed by atoms with Crippen molar-refractivity contribution in [1.82, 2.24) is 0 Å². The highest BCUT2D eigenvalue weighted by atomic mass is 35.5. The lowest BCUT2D eigenvalue weighted by Crippen LogP contribution is -2.11. The van der Waals surface area contributed by atoms with Gasteiger partial charge in [-0.15, -0.1) is 12.4 Å². The van der Waals surface area contributed by atoms with Crippen molar-refractivity contribution in [2.75, 3.05) is 13.2 Å². The first-order valence-electron chi connectivity index (χ1n) is 3.81. The third-order valence-corrected chi connectivity index (χ3v) is 1.78. The molecule has 0 amide bonds. The molecule has 76 valence electrons. The fourth-order valence-corrected chi connectivity index (χ4v) is 1.11. The Balaban J connectivity index is 0.00000169. The summed E-state index contributed by atoms with van der Waals surface area (Å²) in [4.78, 5) is 0. The fraction of sp³-hybridized carbons (Fsp3) is 0.222. The second-order valence-corrected chi connectivity index (χ2v) is 2.77. The number of nitrogens with two attached hydrogens (primary N) is 1. The first kappa shape index (κ1) is 13.1. The Kier molecular flexibility index (Phi) is 6.06. The molecule has 0 fully saturated rings. The summed E-state index contributed by atoms with van der Waals surface area (Å²) in [7, 11) is 0. The van der Waals surface area contributed by atoms with Gasteiger partial charge in [-0.3, -0.25) is 0 Å². The fourth-order valence-electron chi connectivity index (χ4n) is 0.902. The van der Waals surface area contributed by atoms with Crippen LogP contribution < -0.4 is 10.5 Å². The number of hydrogen-bond donors (Lipinski definition) is 1. The molecule has 0 aliphatic heterocycles. The summed E-state index contributed by atoms with van der Waals surface area (Å²) in [5, 5.41) is 9.15. The van der Waals surface area contributed by atoms with Crippen LogP contribution >= 0.6 is 24.0 Å². The zero-order valence-corrected chi connectivity index (χ0v) is 8.94. The van der Waals surface area contributed by atoms with Gasteiger partial charge in [0.2, 0.25) is 0 Å². The lowest BCUT2D eigenvalue weighted by Gasteiger charge is -2.06. The first-order chi connectivity index (χ1) is 6.29. The van der Waals surface area contributed by atoms with Gasteiger partial charge in [-0.05, 0) is 12.1 Å². The van der Waals surface area contributed by atoms with Crippen molar-refractivity contribution in [2.45, 2.75) is 0 Å². The molecular weight excluding hydrogens is 223 g/mol. The van der Waals surface area contributed by atoms with Gasteiger partial charge in [-0.2, -0.15) is 5.26 Å². The van der Waals surface area contributed by atoms with Gasteiger partial charge >= 0.3 is 0 Å². The monoisotopic (exact) mass is 232 g/mol. The maximum atomic E-state index is 8.75. The van der Waals surface area contributed by atoms with Gasteiger partial charge in [0, 0.05) is 6.54 Å². The number of nitrogens with zero attached hydrogens (tertiary/aromatic N) is 1. The average Bonchev–Trinajstić information content (AvgIpc) is 2.15. The Morgan fingerprint density at radius 3 is 2.79 bits per heavy atom. The highest BCUT2D eigenvalue weighted by Gasteiger charge is 2.06. The van der Waals surface area contributed by atoms with Crippen molar-refractivity contribution >= 4 is 24.0 Å². The van der Waals surface area contributed by atoms with E-state index in [9.17, 15) is 0 Å². The molecule has 0 bridgehead atoms. The summed E-state index contributed by atoms with van der Waals surface area (Å²) in [6.45, 7) is 0.798. The standard InChI is InChI=1S/C9H9ClN2O.ClH/c10-8-2-1-3-9(7(8)6-12)13-5-4-11;/h1-3H,4-5,11H2;1H. The van der Waals surface area contributed by atoms with Gasteiger partial charge in [0.15, 0.2) is 0 Å². The predicted molar refractivity (Wildman–Crippen MR) is 58.0 cm³/mol. The summed E-state index contributed by atoms with van der Waals surface area (Å²) >= 11 is 5.77. The molecule has 0 saturated heterocycles. The van der Waals surface area contributed by atoms with Crippen molar-refractivity contribution in [2.24, 2.45) is 5.73 Å². The first-order valence-corrected chi connectivity index (χ1v) is 4.19. The molecule has 0 heterocycles. The largest absolute Gasteiger partial charge is 0.491 e. The number of halogens is 2. The zero-order valence-electron chi connectivity index (χ0n) is 7.37. The summed E-state index contributed by atoms with van der Waals surface area (Å²) in [6.07, 6.45) is 0. The molecule has 1 rings (SSSR count). The van der Waals surface area contributed by atoms with E-state index in [-0.39, 0.29) is 12.4 Å². The highest BCUT2D eigenvalue weighted by molar-refractivity contribution is 6.31. The number of rotatable bonds is 3. The maximum absolute atomic E-state index is 8.75. The lowest BCUT2D eigenvalue weighted by atomic mass is 10.2. The van der Waals surface area contributed by atoms with Gasteiger partial charge in [0.05, 0.1) is 5.02 Å². The Morgan fingerprint density at radius 1 is 1.50 bits per heavy atom. The number of hydrogen-bond acceptors (Lipinski definition) is 3. The Morgan fingerprint density at radius 2 is 2.21 bits per heavy atom. The van der Waals surface area contributed by atoms with E-state index >= 15 is 0 Å².